The van der Waals surface area contributed by atoms with Crippen LogP contribution in [0.25, 0.3) is 0 Å². The molecule has 2 rings (SSSR count). The van der Waals surface area contributed by atoms with E-state index in [1.54, 1.807) is 19.1 Å². The summed E-state index contributed by atoms with van der Waals surface area (Å²) in [5.41, 5.74) is 0.00696. The fourth-order valence-electron chi connectivity index (χ4n) is 2.70. The monoisotopic (exact) mass is 355 g/mol. The molecule has 0 spiro atoms. The minimum Gasteiger partial charge on any atom is -0.466 e. The van der Waals surface area contributed by atoms with Gasteiger partial charge < -0.3 is 9.47 Å². The number of hydrogen-bond donors (Lipinski definition) is 0. The molecule has 7 nitrogen and oxygen atoms in total. The van der Waals surface area contributed by atoms with Crippen molar-refractivity contribution in [3.63, 3.8) is 0 Å². The van der Waals surface area contributed by atoms with Crippen molar-refractivity contribution >= 4 is 22.0 Å². The highest BCUT2D eigenvalue weighted by atomic mass is 32.2. The summed E-state index contributed by atoms with van der Waals surface area (Å²) in [5, 5.41) is 0. The molecule has 1 aliphatic heterocycles. The van der Waals surface area contributed by atoms with Gasteiger partial charge in [-0.05, 0) is 31.9 Å². The van der Waals surface area contributed by atoms with Gasteiger partial charge in [-0.15, -0.1) is 0 Å². The van der Waals surface area contributed by atoms with Gasteiger partial charge in [0.15, 0.2) is 0 Å². The Morgan fingerprint density at radius 2 is 1.83 bits per heavy atom. The lowest BCUT2D eigenvalue weighted by Gasteiger charge is -2.30. The first kappa shape index (κ1) is 18.4. The van der Waals surface area contributed by atoms with E-state index in [1.807, 2.05) is 0 Å². The number of esters is 2. The van der Waals surface area contributed by atoms with Gasteiger partial charge in [-0.3, -0.25) is 4.79 Å². The topological polar surface area (TPSA) is 90.0 Å². The second-order valence-electron chi connectivity index (χ2n) is 5.42. The highest BCUT2D eigenvalue weighted by molar-refractivity contribution is 7.89. The maximum atomic E-state index is 12.8. The third kappa shape index (κ3) is 3.76. The maximum Gasteiger partial charge on any atom is 0.339 e. The van der Waals surface area contributed by atoms with Crippen molar-refractivity contribution in [2.75, 3.05) is 26.8 Å². The standard InChI is InChI=1S/C16H21NO6S/c1-3-23-15(18)12-8-10-17(11-9-12)24(20,21)14-7-5-4-6-13(14)16(19)22-2/h4-7,12H,3,8-11H2,1-2H3. The summed E-state index contributed by atoms with van der Waals surface area (Å²) in [5.74, 6) is -1.27. The van der Waals surface area contributed by atoms with Crippen molar-refractivity contribution in [3.05, 3.63) is 29.8 Å². The van der Waals surface area contributed by atoms with Crippen LogP contribution in [0.1, 0.15) is 30.1 Å². The van der Waals surface area contributed by atoms with E-state index in [-0.39, 0.29) is 35.4 Å². The quantitative estimate of drug-likeness (QED) is 0.743. The molecule has 0 saturated carbocycles. The molecule has 1 aromatic carbocycles. The molecule has 0 aliphatic carbocycles. The zero-order chi connectivity index (χ0) is 17.7. The number of methoxy groups -OCH3 is 1. The molecule has 1 saturated heterocycles. The van der Waals surface area contributed by atoms with Gasteiger partial charge in [0.05, 0.1) is 30.1 Å². The average molecular weight is 355 g/mol. The van der Waals surface area contributed by atoms with Crippen LogP contribution in [-0.4, -0.2) is 51.5 Å². The Morgan fingerprint density at radius 1 is 1.21 bits per heavy atom. The summed E-state index contributed by atoms with van der Waals surface area (Å²) >= 11 is 0. The van der Waals surface area contributed by atoms with E-state index in [0.29, 0.717) is 19.4 Å². The third-order valence-electron chi connectivity index (χ3n) is 3.98. The molecular weight excluding hydrogens is 334 g/mol. The first-order valence-corrected chi connectivity index (χ1v) is 9.20. The molecular formula is C16H21NO6S. The summed E-state index contributed by atoms with van der Waals surface area (Å²) < 4.78 is 36.6. The molecule has 0 aromatic heterocycles. The number of ether oxygens (including phenoxy) is 2. The van der Waals surface area contributed by atoms with Gasteiger partial charge in [0.2, 0.25) is 10.0 Å². The largest absolute Gasteiger partial charge is 0.466 e. The summed E-state index contributed by atoms with van der Waals surface area (Å²) in [6.07, 6.45) is 0.802. The lowest BCUT2D eigenvalue weighted by molar-refractivity contribution is -0.149. The Balaban J connectivity index is 2.19. The predicted octanol–water partition coefficient (Wildman–Crippen LogP) is 1.44. The number of carbonyl (C=O) groups excluding carboxylic acids is 2. The minimum absolute atomic E-state index is 0.00696. The minimum atomic E-state index is -3.83. The van der Waals surface area contributed by atoms with Gasteiger partial charge >= 0.3 is 11.9 Å². The molecule has 1 heterocycles. The molecule has 0 amide bonds. The summed E-state index contributed by atoms with van der Waals surface area (Å²) in [7, 11) is -2.62. The predicted molar refractivity (Wildman–Crippen MR) is 85.9 cm³/mol. The van der Waals surface area contributed by atoms with Crippen molar-refractivity contribution in [1.29, 1.82) is 0 Å². The number of piperidine rings is 1. The summed E-state index contributed by atoms with van der Waals surface area (Å²) in [4.78, 5) is 23.5. The van der Waals surface area contributed by atoms with Gasteiger partial charge in [-0.2, -0.15) is 4.31 Å². The van der Waals surface area contributed by atoms with Gasteiger partial charge in [-0.1, -0.05) is 12.1 Å². The van der Waals surface area contributed by atoms with Crippen LogP contribution in [0.2, 0.25) is 0 Å². The molecule has 132 valence electrons. The molecule has 1 fully saturated rings. The van der Waals surface area contributed by atoms with Crippen molar-refractivity contribution < 1.29 is 27.5 Å². The molecule has 0 N–H and O–H groups in total. The molecule has 24 heavy (non-hydrogen) atoms. The number of hydrogen-bond acceptors (Lipinski definition) is 6. The highest BCUT2D eigenvalue weighted by Crippen LogP contribution is 2.26. The first-order chi connectivity index (χ1) is 11.4. The second kappa shape index (κ2) is 7.76. The van der Waals surface area contributed by atoms with Crippen LogP contribution in [-0.2, 0) is 24.3 Å². The maximum absolute atomic E-state index is 12.8. The van der Waals surface area contributed by atoms with Crippen LogP contribution in [0.5, 0.6) is 0 Å². The molecule has 8 heteroatoms. The van der Waals surface area contributed by atoms with E-state index >= 15 is 0 Å². The van der Waals surface area contributed by atoms with Crippen molar-refractivity contribution in [3.8, 4) is 0 Å². The molecule has 0 radical (unpaired) electrons. The zero-order valence-electron chi connectivity index (χ0n) is 13.7. The van der Waals surface area contributed by atoms with Crippen molar-refractivity contribution in [2.24, 2.45) is 5.92 Å². The average Bonchev–Trinajstić information content (AvgIpc) is 2.61. The molecule has 0 bridgehead atoms. The second-order valence-corrected chi connectivity index (χ2v) is 7.32. The van der Waals surface area contributed by atoms with Gasteiger partial charge in [0.25, 0.3) is 0 Å². The molecule has 1 aliphatic rings. The Morgan fingerprint density at radius 3 is 2.42 bits per heavy atom. The zero-order valence-corrected chi connectivity index (χ0v) is 14.5. The smallest absolute Gasteiger partial charge is 0.339 e. The Labute approximate surface area is 141 Å². The van der Waals surface area contributed by atoms with Crippen LogP contribution in [0.4, 0.5) is 0 Å². The number of rotatable bonds is 5. The van der Waals surface area contributed by atoms with Crippen molar-refractivity contribution in [2.45, 2.75) is 24.7 Å². The van der Waals surface area contributed by atoms with Crippen LogP contribution in [0.15, 0.2) is 29.2 Å². The molecule has 0 unspecified atom stereocenters. The molecule has 0 atom stereocenters. The Hall–Kier alpha value is -1.93. The third-order valence-corrected chi connectivity index (χ3v) is 5.94. The highest BCUT2D eigenvalue weighted by Gasteiger charge is 2.34. The number of sulfonamides is 1. The fourth-order valence-corrected chi connectivity index (χ4v) is 4.35. The number of carbonyl (C=O) groups is 2. The Bertz CT molecular complexity index is 707. The van der Waals surface area contributed by atoms with Gasteiger partial charge in [0, 0.05) is 13.1 Å². The van der Waals surface area contributed by atoms with E-state index in [2.05, 4.69) is 4.74 Å². The SMILES string of the molecule is CCOC(=O)C1CCN(S(=O)(=O)c2ccccc2C(=O)OC)CC1. The van der Waals surface area contributed by atoms with E-state index < -0.39 is 16.0 Å². The van der Waals surface area contributed by atoms with E-state index in [9.17, 15) is 18.0 Å². The van der Waals surface area contributed by atoms with Crippen LogP contribution in [0.3, 0.4) is 0 Å². The van der Waals surface area contributed by atoms with E-state index in [4.69, 9.17) is 4.74 Å². The number of nitrogens with zero attached hydrogens (tertiary/aromatic N) is 1. The number of benzene rings is 1. The van der Waals surface area contributed by atoms with E-state index in [1.165, 1.54) is 23.5 Å². The summed E-state index contributed by atoms with van der Waals surface area (Å²) in [6.45, 7) is 2.47. The molecule has 1 aromatic rings. The Kier molecular flexibility index (Phi) is 5.95. The lowest BCUT2D eigenvalue weighted by atomic mass is 9.98. The van der Waals surface area contributed by atoms with Gasteiger partial charge in [0.1, 0.15) is 0 Å². The first-order valence-electron chi connectivity index (χ1n) is 7.76. The normalized spacial score (nSPS) is 16.6. The van der Waals surface area contributed by atoms with Crippen molar-refractivity contribution in [1.82, 2.24) is 4.31 Å². The fraction of sp³-hybridized carbons (Fsp3) is 0.500. The van der Waals surface area contributed by atoms with E-state index in [0.717, 1.165) is 0 Å². The van der Waals surface area contributed by atoms with Crippen LogP contribution < -0.4 is 0 Å². The lowest BCUT2D eigenvalue weighted by Crippen LogP contribution is -2.41. The van der Waals surface area contributed by atoms with Gasteiger partial charge in [-0.25, -0.2) is 13.2 Å². The summed E-state index contributed by atoms with van der Waals surface area (Å²) in [6, 6.07) is 5.95. The van der Waals surface area contributed by atoms with Crippen LogP contribution >= 0.6 is 0 Å². The van der Waals surface area contributed by atoms with Crippen LogP contribution in [0, 0.1) is 5.92 Å².